The fourth-order valence-corrected chi connectivity index (χ4v) is 2.41. The van der Waals surface area contributed by atoms with Crippen molar-refractivity contribution in [3.63, 3.8) is 0 Å². The van der Waals surface area contributed by atoms with Crippen LogP contribution in [0.15, 0.2) is 0 Å². The van der Waals surface area contributed by atoms with E-state index >= 15 is 0 Å². The first-order valence-electron chi connectivity index (χ1n) is 6.68. The van der Waals surface area contributed by atoms with Crippen molar-refractivity contribution >= 4 is 17.9 Å². The lowest BCUT2D eigenvalue weighted by Gasteiger charge is -2.33. The molecular weight excluding hydrogens is 248 g/mol. The Kier molecular flexibility index (Phi) is 5.79. The van der Waals surface area contributed by atoms with E-state index in [1.165, 1.54) is 6.42 Å². The molecule has 0 heterocycles. The number of carboxylic acid groups (broad SMARTS) is 1. The zero-order chi connectivity index (χ0) is 14.4. The molecule has 0 radical (unpaired) electrons. The Balaban J connectivity index is 2.39. The first-order chi connectivity index (χ1) is 8.90. The van der Waals surface area contributed by atoms with E-state index in [0.717, 1.165) is 19.3 Å². The Morgan fingerprint density at radius 2 is 1.95 bits per heavy atom. The molecule has 0 aromatic heterocycles. The predicted molar refractivity (Wildman–Crippen MR) is 69.6 cm³/mol. The summed E-state index contributed by atoms with van der Waals surface area (Å²) in [5.41, 5.74) is 0. The zero-order valence-corrected chi connectivity index (χ0v) is 11.5. The van der Waals surface area contributed by atoms with Crippen molar-refractivity contribution in [2.24, 2.45) is 5.92 Å². The highest BCUT2D eigenvalue weighted by atomic mass is 16.4. The van der Waals surface area contributed by atoms with Crippen LogP contribution < -0.4 is 5.32 Å². The second-order valence-corrected chi connectivity index (χ2v) is 5.28. The quantitative estimate of drug-likeness (QED) is 0.812. The van der Waals surface area contributed by atoms with Gasteiger partial charge in [0.1, 0.15) is 0 Å². The van der Waals surface area contributed by atoms with Gasteiger partial charge in [-0.2, -0.15) is 0 Å². The molecule has 2 atom stereocenters. The zero-order valence-electron chi connectivity index (χ0n) is 11.5. The van der Waals surface area contributed by atoms with Crippen LogP contribution in [0.5, 0.6) is 0 Å². The summed E-state index contributed by atoms with van der Waals surface area (Å²) < 4.78 is 0. The maximum absolute atomic E-state index is 11.9. The van der Waals surface area contributed by atoms with Crippen LogP contribution in [0, 0.1) is 5.92 Å². The van der Waals surface area contributed by atoms with E-state index in [2.05, 4.69) is 12.2 Å². The molecule has 0 spiro atoms. The van der Waals surface area contributed by atoms with E-state index in [1.54, 1.807) is 11.9 Å². The van der Waals surface area contributed by atoms with E-state index in [-0.39, 0.29) is 18.9 Å². The summed E-state index contributed by atoms with van der Waals surface area (Å²) in [5, 5.41) is 10.7. The van der Waals surface area contributed by atoms with Crippen molar-refractivity contribution in [3.8, 4) is 0 Å². The van der Waals surface area contributed by atoms with Crippen molar-refractivity contribution in [1.82, 2.24) is 10.2 Å². The van der Waals surface area contributed by atoms with Crippen LogP contribution in [-0.4, -0.2) is 41.0 Å². The van der Waals surface area contributed by atoms with Gasteiger partial charge in [0, 0.05) is 19.5 Å². The van der Waals surface area contributed by atoms with Gasteiger partial charge in [0.25, 0.3) is 0 Å². The largest absolute Gasteiger partial charge is 0.481 e. The number of nitrogens with one attached hydrogen (secondary N) is 1. The molecule has 6 nitrogen and oxygen atoms in total. The Labute approximate surface area is 113 Å². The summed E-state index contributed by atoms with van der Waals surface area (Å²) in [6, 6.07) is -0.273. The van der Waals surface area contributed by atoms with Gasteiger partial charge in [-0.1, -0.05) is 19.8 Å². The van der Waals surface area contributed by atoms with Crippen molar-refractivity contribution < 1.29 is 19.5 Å². The van der Waals surface area contributed by atoms with Gasteiger partial charge >= 0.3 is 12.0 Å². The number of carboxylic acids is 1. The Morgan fingerprint density at radius 3 is 2.53 bits per heavy atom. The van der Waals surface area contributed by atoms with Crippen molar-refractivity contribution in [3.05, 3.63) is 0 Å². The van der Waals surface area contributed by atoms with Crippen molar-refractivity contribution in [2.75, 3.05) is 7.05 Å². The van der Waals surface area contributed by atoms with Crippen molar-refractivity contribution in [1.29, 1.82) is 0 Å². The van der Waals surface area contributed by atoms with Crippen LogP contribution in [-0.2, 0) is 9.59 Å². The van der Waals surface area contributed by atoms with Gasteiger partial charge in [-0.05, 0) is 18.8 Å². The molecule has 1 saturated carbocycles. The molecule has 1 fully saturated rings. The number of aliphatic carboxylic acids is 1. The van der Waals surface area contributed by atoms with Gasteiger partial charge in [-0.3, -0.25) is 14.9 Å². The van der Waals surface area contributed by atoms with Crippen LogP contribution in [0.3, 0.4) is 0 Å². The molecule has 2 N–H and O–H groups in total. The lowest BCUT2D eigenvalue weighted by Crippen LogP contribution is -2.47. The minimum absolute atomic E-state index is 0.163. The summed E-state index contributed by atoms with van der Waals surface area (Å²) in [6.07, 6.45) is 3.75. The topological polar surface area (TPSA) is 86.7 Å². The number of carbonyl (C=O) groups is 3. The number of amides is 3. The lowest BCUT2D eigenvalue weighted by molar-refractivity contribution is -0.138. The highest BCUT2D eigenvalue weighted by Gasteiger charge is 2.26. The molecule has 1 rings (SSSR count). The molecule has 0 bridgehead atoms. The smallest absolute Gasteiger partial charge is 0.324 e. The average molecular weight is 270 g/mol. The van der Waals surface area contributed by atoms with Gasteiger partial charge in [0.2, 0.25) is 5.91 Å². The van der Waals surface area contributed by atoms with Gasteiger partial charge in [-0.15, -0.1) is 0 Å². The highest BCUT2D eigenvalue weighted by Crippen LogP contribution is 2.26. The second kappa shape index (κ2) is 7.11. The molecule has 0 saturated heterocycles. The second-order valence-electron chi connectivity index (χ2n) is 5.28. The first kappa shape index (κ1) is 15.5. The Morgan fingerprint density at radius 1 is 1.26 bits per heavy atom. The standard InChI is InChI=1S/C13H22N2O4/c1-9-4-3-5-10(8-9)15(2)13(19)14-11(16)6-7-12(17)18/h9-10H,3-8H2,1-2H3,(H,17,18)(H,14,16,19). The number of nitrogens with zero attached hydrogens (tertiary/aromatic N) is 1. The van der Waals surface area contributed by atoms with Gasteiger partial charge < -0.3 is 10.0 Å². The minimum atomic E-state index is -1.04. The maximum atomic E-state index is 11.9. The first-order valence-corrected chi connectivity index (χ1v) is 6.68. The number of hydrogen-bond donors (Lipinski definition) is 2. The van der Waals surface area contributed by atoms with Gasteiger partial charge in [0.05, 0.1) is 6.42 Å². The van der Waals surface area contributed by atoms with E-state index in [4.69, 9.17) is 5.11 Å². The number of hydrogen-bond acceptors (Lipinski definition) is 3. The van der Waals surface area contributed by atoms with E-state index < -0.39 is 17.9 Å². The number of imide groups is 1. The molecular formula is C13H22N2O4. The predicted octanol–water partition coefficient (Wildman–Crippen LogP) is 1.60. The van der Waals surface area contributed by atoms with Crippen molar-refractivity contribution in [2.45, 2.75) is 51.5 Å². The average Bonchev–Trinajstić information content (AvgIpc) is 2.35. The monoisotopic (exact) mass is 270 g/mol. The third-order valence-corrected chi connectivity index (χ3v) is 3.59. The van der Waals surface area contributed by atoms with Crippen LogP contribution in [0.2, 0.25) is 0 Å². The third kappa shape index (κ3) is 5.28. The van der Waals surface area contributed by atoms with Gasteiger partial charge in [0.15, 0.2) is 0 Å². The normalized spacial score (nSPS) is 22.6. The molecule has 0 aliphatic heterocycles. The molecule has 0 aromatic carbocycles. The molecule has 0 aromatic rings. The fraction of sp³-hybridized carbons (Fsp3) is 0.769. The highest BCUT2D eigenvalue weighted by molar-refractivity contribution is 5.95. The van der Waals surface area contributed by atoms with E-state index in [0.29, 0.717) is 5.92 Å². The lowest BCUT2D eigenvalue weighted by atomic mass is 9.86. The molecule has 1 aliphatic carbocycles. The van der Waals surface area contributed by atoms with E-state index in [1.807, 2.05) is 0 Å². The molecule has 108 valence electrons. The number of urea groups is 1. The minimum Gasteiger partial charge on any atom is -0.481 e. The summed E-state index contributed by atoms with van der Waals surface area (Å²) in [7, 11) is 1.68. The van der Waals surface area contributed by atoms with E-state index in [9.17, 15) is 14.4 Å². The summed E-state index contributed by atoms with van der Waals surface area (Å²) in [5.74, 6) is -0.989. The summed E-state index contributed by atoms with van der Waals surface area (Å²) in [4.78, 5) is 35.1. The fourth-order valence-electron chi connectivity index (χ4n) is 2.41. The van der Waals surface area contributed by atoms with Gasteiger partial charge in [-0.25, -0.2) is 4.79 Å². The number of rotatable bonds is 4. The Hall–Kier alpha value is -1.59. The van der Waals surface area contributed by atoms with Crippen LogP contribution >= 0.6 is 0 Å². The summed E-state index contributed by atoms with van der Waals surface area (Å²) >= 11 is 0. The third-order valence-electron chi connectivity index (χ3n) is 3.59. The van der Waals surface area contributed by atoms with Crippen LogP contribution in [0.25, 0.3) is 0 Å². The molecule has 19 heavy (non-hydrogen) atoms. The maximum Gasteiger partial charge on any atom is 0.324 e. The molecule has 6 heteroatoms. The SMILES string of the molecule is CC1CCCC(N(C)C(=O)NC(=O)CCC(=O)O)C1. The van der Waals surface area contributed by atoms with Crippen LogP contribution in [0.4, 0.5) is 4.79 Å². The molecule has 3 amide bonds. The molecule has 1 aliphatic rings. The summed E-state index contributed by atoms with van der Waals surface area (Å²) in [6.45, 7) is 2.16. The van der Waals surface area contributed by atoms with Crippen LogP contribution in [0.1, 0.15) is 45.4 Å². The molecule has 2 unspecified atom stereocenters. The number of carbonyl (C=O) groups excluding carboxylic acids is 2. The Bertz CT molecular complexity index is 357.